The molecule has 30 heavy (non-hydrogen) atoms. The molecule has 0 spiro atoms. The Morgan fingerprint density at radius 1 is 1.07 bits per heavy atom. The van der Waals surface area contributed by atoms with Crippen molar-refractivity contribution < 1.29 is 28.8 Å². The third-order valence-corrected chi connectivity index (χ3v) is 4.10. The van der Waals surface area contributed by atoms with Crippen molar-refractivity contribution >= 4 is 5.97 Å². The van der Waals surface area contributed by atoms with E-state index in [9.17, 15) is 4.79 Å². The molecular weight excluding hydrogens is 384 g/mol. The van der Waals surface area contributed by atoms with Gasteiger partial charge >= 0.3 is 5.97 Å². The van der Waals surface area contributed by atoms with E-state index < -0.39 is 12.1 Å². The van der Waals surface area contributed by atoms with Gasteiger partial charge in [-0.3, -0.25) is 0 Å². The van der Waals surface area contributed by atoms with Crippen LogP contribution in [0.4, 0.5) is 0 Å². The number of rotatable bonds is 10. The summed E-state index contributed by atoms with van der Waals surface area (Å²) in [5, 5.41) is 9.15. The van der Waals surface area contributed by atoms with E-state index in [-0.39, 0.29) is 0 Å². The van der Waals surface area contributed by atoms with Crippen LogP contribution in [0.1, 0.15) is 18.1 Å². The van der Waals surface area contributed by atoms with Gasteiger partial charge in [0.05, 0.1) is 14.2 Å². The largest absolute Gasteiger partial charge is 0.497 e. The van der Waals surface area contributed by atoms with Gasteiger partial charge in [-0.25, -0.2) is 4.79 Å². The average Bonchev–Trinajstić information content (AvgIpc) is 2.76. The van der Waals surface area contributed by atoms with Gasteiger partial charge in [0.25, 0.3) is 0 Å². The molecule has 2 aromatic rings. The van der Waals surface area contributed by atoms with E-state index >= 15 is 0 Å². The Morgan fingerprint density at radius 2 is 1.73 bits per heavy atom. The lowest BCUT2D eigenvalue weighted by Gasteiger charge is -2.12. The van der Waals surface area contributed by atoms with Gasteiger partial charge in [-0.15, -0.1) is 0 Å². The fraction of sp³-hybridized carbons (Fsp3) is 0.292. The first-order valence-corrected chi connectivity index (χ1v) is 9.51. The van der Waals surface area contributed by atoms with Crippen molar-refractivity contribution in [3.63, 3.8) is 0 Å². The van der Waals surface area contributed by atoms with Crippen LogP contribution in [0.5, 0.6) is 17.2 Å². The van der Waals surface area contributed by atoms with Gasteiger partial charge < -0.3 is 24.1 Å². The maximum Gasteiger partial charge on any atom is 0.333 e. The number of carbonyl (C=O) groups is 1. The zero-order valence-electron chi connectivity index (χ0n) is 17.4. The Kier molecular flexibility index (Phi) is 9.29. The van der Waals surface area contributed by atoms with E-state index in [4.69, 9.17) is 24.1 Å². The lowest BCUT2D eigenvalue weighted by Crippen LogP contribution is -2.26. The highest BCUT2D eigenvalue weighted by molar-refractivity contribution is 5.72. The molecule has 0 radical (unpaired) electrons. The van der Waals surface area contributed by atoms with Crippen LogP contribution >= 0.6 is 0 Å². The standard InChI is InChI=1S/C24H26O6/c1-4-29-23(24(25)26)16-18-9-11-20(12-10-18)30-13-7-5-6-8-19-14-21(27-2)17-22(15-19)28-3/h5,7,9-12,14-15,17,23H,4,13,16H2,1-3H3,(H,25,26)/b7-5-/t23-/m0/s1. The van der Waals surface area contributed by atoms with E-state index in [2.05, 4.69) is 11.8 Å². The lowest BCUT2D eigenvalue weighted by molar-refractivity contribution is -0.149. The second-order valence-electron chi connectivity index (χ2n) is 6.21. The molecule has 0 aliphatic carbocycles. The first-order chi connectivity index (χ1) is 14.5. The Labute approximate surface area is 177 Å². The van der Waals surface area contributed by atoms with Crippen LogP contribution in [0.2, 0.25) is 0 Å². The van der Waals surface area contributed by atoms with Crippen molar-refractivity contribution in [2.45, 2.75) is 19.4 Å². The molecule has 0 bridgehead atoms. The van der Waals surface area contributed by atoms with Crippen LogP contribution in [0.3, 0.4) is 0 Å². The zero-order valence-corrected chi connectivity index (χ0v) is 17.4. The maximum atomic E-state index is 11.2. The monoisotopic (exact) mass is 410 g/mol. The topological polar surface area (TPSA) is 74.2 Å². The number of hydrogen-bond acceptors (Lipinski definition) is 5. The molecule has 158 valence electrons. The van der Waals surface area contributed by atoms with Gasteiger partial charge in [0.2, 0.25) is 0 Å². The SMILES string of the molecule is CCO[C@@H](Cc1ccc(OC/C=C\C#Cc2cc(OC)cc(OC)c2)cc1)C(=O)O. The Balaban J connectivity index is 1.85. The molecular formula is C24H26O6. The van der Waals surface area contributed by atoms with Crippen LogP contribution in [0.25, 0.3) is 0 Å². The summed E-state index contributed by atoms with van der Waals surface area (Å²) in [6, 6.07) is 12.8. The summed E-state index contributed by atoms with van der Waals surface area (Å²) in [7, 11) is 3.19. The normalized spacial score (nSPS) is 11.4. The number of benzene rings is 2. The second kappa shape index (κ2) is 12.2. The molecule has 0 saturated heterocycles. The number of carboxylic acids is 1. The predicted octanol–water partition coefficient (Wildman–Crippen LogP) is 3.72. The molecule has 0 aliphatic rings. The molecule has 0 aromatic heterocycles. The number of methoxy groups -OCH3 is 2. The summed E-state index contributed by atoms with van der Waals surface area (Å²) < 4.78 is 21.3. The van der Waals surface area contributed by atoms with Crippen LogP contribution < -0.4 is 14.2 Å². The molecule has 0 aliphatic heterocycles. The number of carboxylic acid groups (broad SMARTS) is 1. The predicted molar refractivity (Wildman–Crippen MR) is 114 cm³/mol. The third-order valence-electron chi connectivity index (χ3n) is 4.10. The number of allylic oxidation sites excluding steroid dienone is 1. The third kappa shape index (κ3) is 7.53. The molecule has 6 heteroatoms. The van der Waals surface area contributed by atoms with Crippen molar-refractivity contribution in [3.05, 3.63) is 65.7 Å². The number of hydrogen-bond donors (Lipinski definition) is 1. The van der Waals surface area contributed by atoms with Crippen molar-refractivity contribution in [3.8, 4) is 29.1 Å². The molecule has 1 N–H and O–H groups in total. The minimum Gasteiger partial charge on any atom is -0.497 e. The Hall–Kier alpha value is -3.43. The van der Waals surface area contributed by atoms with Gasteiger partial charge in [0.15, 0.2) is 6.10 Å². The van der Waals surface area contributed by atoms with Crippen LogP contribution in [0, 0.1) is 11.8 Å². The highest BCUT2D eigenvalue weighted by Gasteiger charge is 2.17. The number of ether oxygens (including phenoxy) is 4. The first kappa shape index (κ1) is 22.9. The summed E-state index contributed by atoms with van der Waals surface area (Å²) in [5.74, 6) is 7.08. The minimum absolute atomic E-state index is 0.313. The van der Waals surface area contributed by atoms with Crippen LogP contribution in [-0.4, -0.2) is 44.6 Å². The van der Waals surface area contributed by atoms with Crippen LogP contribution in [-0.2, 0) is 16.0 Å². The van der Waals surface area contributed by atoms with Crippen molar-refractivity contribution in [1.82, 2.24) is 0 Å². The van der Waals surface area contributed by atoms with E-state index in [0.29, 0.717) is 36.9 Å². The Morgan fingerprint density at radius 3 is 2.30 bits per heavy atom. The van der Waals surface area contributed by atoms with Crippen LogP contribution in [0.15, 0.2) is 54.6 Å². The summed E-state index contributed by atoms with van der Waals surface area (Å²) in [5.41, 5.74) is 1.66. The molecule has 6 nitrogen and oxygen atoms in total. The fourth-order valence-corrected chi connectivity index (χ4v) is 2.61. The Bertz CT molecular complexity index is 883. The minimum atomic E-state index is -0.962. The fourth-order valence-electron chi connectivity index (χ4n) is 2.61. The highest BCUT2D eigenvalue weighted by atomic mass is 16.5. The molecule has 0 unspecified atom stereocenters. The molecule has 1 atom stereocenters. The van der Waals surface area contributed by atoms with Gasteiger partial charge in [0.1, 0.15) is 23.9 Å². The molecule has 2 rings (SSSR count). The smallest absolute Gasteiger partial charge is 0.333 e. The quantitative estimate of drug-likeness (QED) is 0.602. The second-order valence-corrected chi connectivity index (χ2v) is 6.21. The highest BCUT2D eigenvalue weighted by Crippen LogP contribution is 2.21. The lowest BCUT2D eigenvalue weighted by atomic mass is 10.1. The summed E-state index contributed by atoms with van der Waals surface area (Å²) in [6.45, 7) is 2.50. The average molecular weight is 410 g/mol. The summed E-state index contributed by atoms with van der Waals surface area (Å²) >= 11 is 0. The van der Waals surface area contributed by atoms with E-state index in [1.54, 1.807) is 33.3 Å². The van der Waals surface area contributed by atoms with Gasteiger partial charge in [0, 0.05) is 24.7 Å². The molecule has 0 saturated carbocycles. The first-order valence-electron chi connectivity index (χ1n) is 9.51. The zero-order chi connectivity index (χ0) is 21.8. The molecule has 0 amide bonds. The van der Waals surface area contributed by atoms with Gasteiger partial charge in [-0.05, 0) is 48.9 Å². The molecule has 2 aromatic carbocycles. The van der Waals surface area contributed by atoms with E-state index in [1.165, 1.54) is 0 Å². The summed E-state index contributed by atoms with van der Waals surface area (Å²) in [4.78, 5) is 11.2. The van der Waals surface area contributed by atoms with Gasteiger partial charge in [-0.1, -0.05) is 24.0 Å². The van der Waals surface area contributed by atoms with Crippen molar-refractivity contribution in [1.29, 1.82) is 0 Å². The maximum absolute atomic E-state index is 11.2. The van der Waals surface area contributed by atoms with E-state index in [1.807, 2.05) is 42.5 Å². The van der Waals surface area contributed by atoms with E-state index in [0.717, 1.165) is 11.1 Å². The van der Waals surface area contributed by atoms with Crippen molar-refractivity contribution in [2.75, 3.05) is 27.4 Å². The molecule has 0 fully saturated rings. The van der Waals surface area contributed by atoms with Gasteiger partial charge in [-0.2, -0.15) is 0 Å². The number of aliphatic carboxylic acids is 1. The van der Waals surface area contributed by atoms with Crippen molar-refractivity contribution in [2.24, 2.45) is 0 Å². The summed E-state index contributed by atoms with van der Waals surface area (Å²) in [6.07, 6.45) is 3.01. The molecule has 0 heterocycles.